The summed E-state index contributed by atoms with van der Waals surface area (Å²) in [6.07, 6.45) is 0.941. The van der Waals surface area contributed by atoms with E-state index in [1.165, 1.54) is 12.1 Å². The van der Waals surface area contributed by atoms with E-state index >= 15 is 0 Å². The van der Waals surface area contributed by atoms with Crippen LogP contribution in [0.25, 0.3) is 0 Å². The highest BCUT2D eigenvalue weighted by Crippen LogP contribution is 2.10. The second-order valence-electron chi connectivity index (χ2n) is 3.18. The Morgan fingerprint density at radius 2 is 2.06 bits per heavy atom. The molecular formula is C12H13FO3. The molecule has 86 valence electrons. The summed E-state index contributed by atoms with van der Waals surface area (Å²) < 4.78 is 17.4. The number of ether oxygens (including phenoxy) is 1. The molecule has 1 N–H and O–H groups in total. The molecule has 0 atom stereocenters. The quantitative estimate of drug-likeness (QED) is 0.485. The minimum atomic E-state index is -0.561. The number of hydrogen-bond donors (Lipinski definition) is 1. The number of carbonyl (C=O) groups is 1. The summed E-state index contributed by atoms with van der Waals surface area (Å²) in [6, 6.07) is 5.71. The number of hydrogen-bond acceptors (Lipinski definition) is 3. The maximum atomic E-state index is 12.6. The van der Waals surface area contributed by atoms with Crippen LogP contribution < -0.4 is 0 Å². The minimum absolute atomic E-state index is 0.147. The highest BCUT2D eigenvalue weighted by molar-refractivity contribution is 5.88. The molecule has 1 rings (SSSR count). The van der Waals surface area contributed by atoms with Crippen molar-refractivity contribution in [3.63, 3.8) is 0 Å². The molecule has 0 radical (unpaired) electrons. The third-order valence-corrected chi connectivity index (χ3v) is 2.00. The van der Waals surface area contributed by atoms with Crippen molar-refractivity contribution >= 4 is 5.97 Å². The Kier molecular flexibility index (Phi) is 4.51. The van der Waals surface area contributed by atoms with Gasteiger partial charge in [-0.1, -0.05) is 12.1 Å². The molecule has 0 aliphatic carbocycles. The third kappa shape index (κ3) is 3.38. The molecular weight excluding hydrogens is 211 g/mol. The van der Waals surface area contributed by atoms with Crippen LogP contribution in [0.5, 0.6) is 0 Å². The lowest BCUT2D eigenvalue weighted by molar-refractivity contribution is -0.138. The molecule has 0 spiro atoms. The van der Waals surface area contributed by atoms with Gasteiger partial charge in [0.05, 0.1) is 18.4 Å². The summed E-state index contributed by atoms with van der Waals surface area (Å²) >= 11 is 0. The van der Waals surface area contributed by atoms with Crippen molar-refractivity contribution in [1.29, 1.82) is 0 Å². The first-order chi connectivity index (χ1) is 7.67. The second kappa shape index (κ2) is 5.90. The number of rotatable bonds is 4. The van der Waals surface area contributed by atoms with Crippen LogP contribution in [0.3, 0.4) is 0 Å². The van der Waals surface area contributed by atoms with Gasteiger partial charge < -0.3 is 9.84 Å². The molecule has 0 heterocycles. The standard InChI is InChI=1S/C12H13FO3/c1-2-16-12(15)10(8-14)7-9-3-5-11(13)6-4-9/h3-6,8,14H,2,7H2,1H3/b10-8+. The molecule has 0 saturated carbocycles. The van der Waals surface area contributed by atoms with Crippen molar-refractivity contribution in [2.45, 2.75) is 13.3 Å². The monoisotopic (exact) mass is 224 g/mol. The Bertz CT molecular complexity index is 382. The van der Waals surface area contributed by atoms with E-state index in [4.69, 9.17) is 9.84 Å². The number of halogens is 1. The van der Waals surface area contributed by atoms with Crippen molar-refractivity contribution in [1.82, 2.24) is 0 Å². The van der Waals surface area contributed by atoms with Crippen molar-refractivity contribution in [3.05, 3.63) is 47.5 Å². The number of esters is 1. The van der Waals surface area contributed by atoms with Gasteiger partial charge in [-0.15, -0.1) is 0 Å². The predicted octanol–water partition coefficient (Wildman–Crippen LogP) is 2.37. The normalized spacial score (nSPS) is 11.2. The lowest BCUT2D eigenvalue weighted by Crippen LogP contribution is -2.10. The number of carbonyl (C=O) groups excluding carboxylic acids is 1. The van der Waals surface area contributed by atoms with Gasteiger partial charge >= 0.3 is 5.97 Å². The maximum absolute atomic E-state index is 12.6. The van der Waals surface area contributed by atoms with Gasteiger partial charge in [0, 0.05) is 6.42 Å². The van der Waals surface area contributed by atoms with Crippen LogP contribution in [0.15, 0.2) is 36.1 Å². The minimum Gasteiger partial charge on any atom is -0.515 e. The van der Waals surface area contributed by atoms with E-state index in [1.807, 2.05) is 0 Å². The number of aliphatic hydroxyl groups is 1. The molecule has 0 aromatic heterocycles. The molecule has 4 heteroatoms. The van der Waals surface area contributed by atoms with Crippen LogP contribution in [0.2, 0.25) is 0 Å². The highest BCUT2D eigenvalue weighted by Gasteiger charge is 2.11. The molecule has 0 aliphatic rings. The highest BCUT2D eigenvalue weighted by atomic mass is 19.1. The molecule has 0 saturated heterocycles. The Morgan fingerprint density at radius 1 is 1.44 bits per heavy atom. The summed E-state index contributed by atoms with van der Waals surface area (Å²) in [5, 5.41) is 8.90. The van der Waals surface area contributed by atoms with Crippen molar-refractivity contribution in [2.24, 2.45) is 0 Å². The first-order valence-electron chi connectivity index (χ1n) is 4.92. The van der Waals surface area contributed by atoms with Crippen LogP contribution in [0.4, 0.5) is 4.39 Å². The first-order valence-corrected chi connectivity index (χ1v) is 4.92. The van der Waals surface area contributed by atoms with Crippen molar-refractivity contribution < 1.29 is 19.0 Å². The van der Waals surface area contributed by atoms with E-state index in [0.717, 1.165) is 11.8 Å². The Morgan fingerprint density at radius 3 is 2.56 bits per heavy atom. The Balaban J connectivity index is 2.71. The Hall–Kier alpha value is -1.84. The van der Waals surface area contributed by atoms with Gasteiger partial charge in [0.2, 0.25) is 0 Å². The van der Waals surface area contributed by atoms with Gasteiger partial charge in [-0.3, -0.25) is 0 Å². The van der Waals surface area contributed by atoms with Gasteiger partial charge in [-0.05, 0) is 24.6 Å². The average molecular weight is 224 g/mol. The largest absolute Gasteiger partial charge is 0.515 e. The smallest absolute Gasteiger partial charge is 0.337 e. The molecule has 1 aromatic rings. The van der Waals surface area contributed by atoms with Crippen LogP contribution in [0.1, 0.15) is 12.5 Å². The molecule has 1 aromatic carbocycles. The topological polar surface area (TPSA) is 46.5 Å². The van der Waals surface area contributed by atoms with E-state index in [2.05, 4.69) is 0 Å². The molecule has 0 amide bonds. The van der Waals surface area contributed by atoms with Gasteiger partial charge in [-0.2, -0.15) is 0 Å². The summed E-state index contributed by atoms with van der Waals surface area (Å²) in [6.45, 7) is 1.93. The molecule has 16 heavy (non-hydrogen) atoms. The van der Waals surface area contributed by atoms with Crippen LogP contribution in [0, 0.1) is 5.82 Å². The summed E-state index contributed by atoms with van der Waals surface area (Å²) in [5.41, 5.74) is 0.878. The lowest BCUT2D eigenvalue weighted by Gasteiger charge is -2.05. The predicted molar refractivity (Wildman–Crippen MR) is 57.4 cm³/mol. The molecule has 0 bridgehead atoms. The summed E-state index contributed by atoms with van der Waals surface area (Å²) in [4.78, 5) is 11.3. The van der Waals surface area contributed by atoms with Gasteiger partial charge in [0.25, 0.3) is 0 Å². The van der Waals surface area contributed by atoms with E-state index in [0.29, 0.717) is 0 Å². The van der Waals surface area contributed by atoms with E-state index < -0.39 is 5.97 Å². The van der Waals surface area contributed by atoms with Crippen LogP contribution in [-0.4, -0.2) is 17.7 Å². The molecule has 0 unspecified atom stereocenters. The van der Waals surface area contributed by atoms with Gasteiger partial charge in [0.15, 0.2) is 0 Å². The fraction of sp³-hybridized carbons (Fsp3) is 0.250. The number of benzene rings is 1. The average Bonchev–Trinajstić information content (AvgIpc) is 2.28. The van der Waals surface area contributed by atoms with E-state index in [1.54, 1.807) is 19.1 Å². The zero-order valence-corrected chi connectivity index (χ0v) is 8.94. The summed E-state index contributed by atoms with van der Waals surface area (Å²) in [5.74, 6) is -0.899. The van der Waals surface area contributed by atoms with Crippen molar-refractivity contribution in [3.8, 4) is 0 Å². The zero-order chi connectivity index (χ0) is 12.0. The second-order valence-corrected chi connectivity index (χ2v) is 3.18. The fourth-order valence-electron chi connectivity index (χ4n) is 1.22. The maximum Gasteiger partial charge on any atom is 0.337 e. The lowest BCUT2D eigenvalue weighted by atomic mass is 10.1. The number of aliphatic hydroxyl groups excluding tert-OH is 1. The molecule has 0 fully saturated rings. The van der Waals surface area contributed by atoms with Gasteiger partial charge in [0.1, 0.15) is 5.82 Å². The fourth-order valence-corrected chi connectivity index (χ4v) is 1.22. The Labute approximate surface area is 93.2 Å². The molecule has 0 aliphatic heterocycles. The third-order valence-electron chi connectivity index (χ3n) is 2.00. The van der Waals surface area contributed by atoms with E-state index in [9.17, 15) is 9.18 Å². The van der Waals surface area contributed by atoms with Crippen molar-refractivity contribution in [2.75, 3.05) is 6.61 Å². The zero-order valence-electron chi connectivity index (χ0n) is 8.94. The van der Waals surface area contributed by atoms with Crippen LogP contribution >= 0.6 is 0 Å². The summed E-state index contributed by atoms with van der Waals surface area (Å²) in [7, 11) is 0. The first kappa shape index (κ1) is 12.2. The SMILES string of the molecule is CCOC(=O)/C(=C/O)Cc1ccc(F)cc1. The molecule has 3 nitrogen and oxygen atoms in total. The van der Waals surface area contributed by atoms with Crippen LogP contribution in [-0.2, 0) is 16.0 Å². The van der Waals surface area contributed by atoms with Gasteiger partial charge in [-0.25, -0.2) is 9.18 Å². The van der Waals surface area contributed by atoms with E-state index in [-0.39, 0.29) is 24.4 Å².